The molecule has 2 N–H and O–H groups in total. The Morgan fingerprint density at radius 3 is 2.48 bits per heavy atom. The minimum absolute atomic E-state index is 0.0450. The number of piperazine rings is 1. The molecule has 0 radical (unpaired) electrons. The summed E-state index contributed by atoms with van der Waals surface area (Å²) in [5, 5.41) is 19.0. The fraction of sp³-hybridized carbons (Fsp3) is 0.360. The summed E-state index contributed by atoms with van der Waals surface area (Å²) in [7, 11) is 0. The molecule has 0 spiro atoms. The topological polar surface area (TPSA) is 73.2 Å². The Kier molecular flexibility index (Phi) is 6.48. The number of hydrogen-bond acceptors (Lipinski definition) is 5. The fourth-order valence-electron chi connectivity index (χ4n) is 4.78. The summed E-state index contributed by atoms with van der Waals surface area (Å²) in [6.45, 7) is 4.85. The molecule has 3 heterocycles. The van der Waals surface area contributed by atoms with Crippen LogP contribution in [0.25, 0.3) is 16.6 Å². The average Bonchev–Trinajstić information content (AvgIpc) is 3.52. The van der Waals surface area contributed by atoms with Crippen molar-refractivity contribution in [2.75, 3.05) is 39.3 Å². The maximum atomic E-state index is 13.2. The number of nitrogens with one attached hydrogen (secondary N) is 1. The molecule has 1 atom stereocenters. The van der Waals surface area contributed by atoms with Crippen molar-refractivity contribution in [2.45, 2.75) is 18.9 Å². The van der Waals surface area contributed by atoms with Gasteiger partial charge in [-0.3, -0.25) is 9.47 Å². The van der Waals surface area contributed by atoms with E-state index >= 15 is 0 Å². The van der Waals surface area contributed by atoms with Gasteiger partial charge < -0.3 is 15.0 Å². The molecule has 0 bridgehead atoms. The first-order chi connectivity index (χ1) is 16.2. The van der Waals surface area contributed by atoms with Crippen LogP contribution in [0.15, 0.2) is 61.3 Å². The van der Waals surface area contributed by atoms with Gasteiger partial charge in [0.25, 0.3) is 0 Å². The van der Waals surface area contributed by atoms with Crippen molar-refractivity contribution >= 4 is 10.9 Å². The summed E-state index contributed by atoms with van der Waals surface area (Å²) >= 11 is 0. The molecule has 2 aromatic heterocycles. The van der Waals surface area contributed by atoms with Crippen molar-refractivity contribution in [2.24, 2.45) is 0 Å². The number of aromatic amines is 1. The molecule has 1 fully saturated rings. The first-order valence-corrected chi connectivity index (χ1v) is 11.5. The number of aliphatic hydroxyl groups excluding tert-OH is 1. The number of nitrogens with zero attached hydrogens (tertiary/aromatic N) is 5. The van der Waals surface area contributed by atoms with Crippen LogP contribution >= 0.6 is 0 Å². The van der Waals surface area contributed by atoms with Crippen LogP contribution in [0.3, 0.4) is 0 Å². The Labute approximate surface area is 192 Å². The summed E-state index contributed by atoms with van der Waals surface area (Å²) in [5.74, 6) is -0.245. The summed E-state index contributed by atoms with van der Waals surface area (Å²) in [4.78, 5) is 8.18. The molecule has 1 aliphatic heterocycles. The summed E-state index contributed by atoms with van der Waals surface area (Å²) in [6, 6.07) is 12.8. The van der Waals surface area contributed by atoms with E-state index in [9.17, 15) is 9.50 Å². The maximum absolute atomic E-state index is 13.2. The summed E-state index contributed by atoms with van der Waals surface area (Å²) in [6.07, 6.45) is 7.65. The molecule has 0 saturated carbocycles. The van der Waals surface area contributed by atoms with Crippen molar-refractivity contribution in [3.8, 4) is 5.69 Å². The van der Waals surface area contributed by atoms with Crippen LogP contribution in [0.1, 0.15) is 23.6 Å². The molecule has 33 heavy (non-hydrogen) atoms. The Hall–Kier alpha value is -3.07. The number of aliphatic hydroxyl groups is 1. The molecule has 7 nitrogen and oxygen atoms in total. The number of halogens is 1. The fourth-order valence-corrected chi connectivity index (χ4v) is 4.78. The molecule has 1 unspecified atom stereocenters. The van der Waals surface area contributed by atoms with E-state index in [0.717, 1.165) is 62.3 Å². The third-order valence-corrected chi connectivity index (χ3v) is 6.66. The van der Waals surface area contributed by atoms with Crippen LogP contribution in [0.4, 0.5) is 4.39 Å². The van der Waals surface area contributed by atoms with Crippen molar-refractivity contribution in [3.63, 3.8) is 0 Å². The second-order valence-electron chi connectivity index (χ2n) is 8.64. The van der Waals surface area contributed by atoms with Crippen LogP contribution in [0.2, 0.25) is 0 Å². The normalized spacial score (nSPS) is 16.4. The average molecular weight is 449 g/mol. The van der Waals surface area contributed by atoms with Crippen LogP contribution in [-0.4, -0.2) is 74.0 Å². The van der Waals surface area contributed by atoms with E-state index in [4.69, 9.17) is 0 Å². The van der Waals surface area contributed by atoms with E-state index in [1.165, 1.54) is 23.1 Å². The smallest absolute Gasteiger partial charge is 0.123 e. The Morgan fingerprint density at radius 2 is 1.76 bits per heavy atom. The predicted molar refractivity (Wildman–Crippen MR) is 126 cm³/mol. The zero-order valence-corrected chi connectivity index (χ0v) is 18.6. The number of fused-ring (bicyclic) bond motifs is 1. The monoisotopic (exact) mass is 448 g/mol. The molecule has 0 aliphatic carbocycles. The lowest BCUT2D eigenvalue weighted by atomic mass is 10.0. The molecular weight excluding hydrogens is 419 g/mol. The number of H-pyrrole nitrogens is 1. The molecule has 0 amide bonds. The van der Waals surface area contributed by atoms with E-state index in [0.29, 0.717) is 0 Å². The van der Waals surface area contributed by atoms with Crippen molar-refractivity contribution in [1.82, 2.24) is 29.5 Å². The zero-order chi connectivity index (χ0) is 22.6. The minimum Gasteiger partial charge on any atom is -0.394 e. The van der Waals surface area contributed by atoms with E-state index in [-0.39, 0.29) is 18.5 Å². The van der Waals surface area contributed by atoms with Gasteiger partial charge in [-0.25, -0.2) is 4.39 Å². The molecule has 8 heteroatoms. The summed E-state index contributed by atoms with van der Waals surface area (Å²) in [5.41, 5.74) is 4.50. The molecule has 1 saturated heterocycles. The lowest BCUT2D eigenvalue weighted by Crippen LogP contribution is -2.48. The minimum atomic E-state index is -0.245. The first-order valence-electron chi connectivity index (χ1n) is 11.5. The van der Waals surface area contributed by atoms with E-state index in [1.54, 1.807) is 24.8 Å². The molecule has 2 aromatic carbocycles. The van der Waals surface area contributed by atoms with E-state index < -0.39 is 0 Å². The van der Waals surface area contributed by atoms with E-state index in [1.807, 2.05) is 4.57 Å². The van der Waals surface area contributed by atoms with Gasteiger partial charge in [-0.15, -0.1) is 10.2 Å². The van der Waals surface area contributed by atoms with Crippen LogP contribution in [0, 0.1) is 5.82 Å². The number of benzene rings is 2. The highest BCUT2D eigenvalue weighted by atomic mass is 19.1. The number of aromatic nitrogens is 4. The van der Waals surface area contributed by atoms with Gasteiger partial charge in [-0.2, -0.15) is 0 Å². The lowest BCUT2D eigenvalue weighted by Gasteiger charge is -2.39. The standard InChI is InChI=1S/C25H29FN6O/c26-21-5-3-19(4-6-21)25(16-33)31-12-10-30(11-13-31)9-1-2-20-15-27-24-8-7-22(14-23(20)24)32-17-28-29-18-32/h3-8,14-15,17-18,25,27,33H,1-2,9-13,16H2. The molecule has 4 aromatic rings. The Morgan fingerprint density at radius 1 is 1.00 bits per heavy atom. The number of rotatable bonds is 8. The van der Waals surface area contributed by atoms with Crippen LogP contribution < -0.4 is 0 Å². The zero-order valence-electron chi connectivity index (χ0n) is 18.6. The number of hydrogen-bond donors (Lipinski definition) is 2. The molecule has 1 aliphatic rings. The van der Waals surface area contributed by atoms with Gasteiger partial charge in [0.1, 0.15) is 18.5 Å². The third kappa shape index (κ3) is 4.83. The highest BCUT2D eigenvalue weighted by Gasteiger charge is 2.24. The van der Waals surface area contributed by atoms with E-state index in [2.05, 4.69) is 49.4 Å². The second-order valence-corrected chi connectivity index (χ2v) is 8.64. The largest absolute Gasteiger partial charge is 0.394 e. The lowest BCUT2D eigenvalue weighted by molar-refractivity contribution is 0.0646. The van der Waals surface area contributed by atoms with Crippen molar-refractivity contribution in [1.29, 1.82) is 0 Å². The van der Waals surface area contributed by atoms with Gasteiger partial charge in [-0.1, -0.05) is 12.1 Å². The second kappa shape index (κ2) is 9.82. The molecule has 5 rings (SSSR count). The SMILES string of the molecule is OCC(c1ccc(F)cc1)N1CCN(CCCc2c[nH]c3ccc(-n4cnnc4)cc23)CC1. The van der Waals surface area contributed by atoms with Gasteiger partial charge in [-0.05, 0) is 60.8 Å². The maximum Gasteiger partial charge on any atom is 0.123 e. The first kappa shape index (κ1) is 21.8. The molecular formula is C25H29FN6O. The van der Waals surface area contributed by atoms with Gasteiger partial charge in [0.2, 0.25) is 0 Å². The highest BCUT2D eigenvalue weighted by Crippen LogP contribution is 2.24. The van der Waals surface area contributed by atoms with Crippen LogP contribution in [-0.2, 0) is 6.42 Å². The van der Waals surface area contributed by atoms with Gasteiger partial charge in [0, 0.05) is 49.0 Å². The van der Waals surface area contributed by atoms with Gasteiger partial charge in [0.15, 0.2) is 0 Å². The Bertz CT molecular complexity index is 1170. The van der Waals surface area contributed by atoms with Crippen molar-refractivity contribution in [3.05, 3.63) is 78.3 Å². The van der Waals surface area contributed by atoms with Crippen LogP contribution in [0.5, 0.6) is 0 Å². The summed E-state index contributed by atoms with van der Waals surface area (Å²) < 4.78 is 15.2. The highest BCUT2D eigenvalue weighted by molar-refractivity contribution is 5.85. The quantitative estimate of drug-likeness (QED) is 0.433. The number of aryl methyl sites for hydroxylation is 1. The molecule has 172 valence electrons. The Balaban J connectivity index is 1.14. The van der Waals surface area contributed by atoms with Gasteiger partial charge >= 0.3 is 0 Å². The van der Waals surface area contributed by atoms with Gasteiger partial charge in [0.05, 0.1) is 12.6 Å². The van der Waals surface area contributed by atoms with Crippen molar-refractivity contribution < 1.29 is 9.50 Å². The third-order valence-electron chi connectivity index (χ3n) is 6.66. The predicted octanol–water partition coefficient (Wildman–Crippen LogP) is 3.17.